The number of carbonyl (C=O) groups is 1. The standard InChI is InChI=1S/C26H18Br2ClNO3/c1-11-16(27)8-17(28)25-23(11)24(26(31)30-25)22-12(2)21(13-5-3-4-6-14(13)22)15-7-19-20(9-18(15)29)33-10-32-19/h3-9,22,24H,10H2,1-2H3,(H,30,31). The minimum Gasteiger partial charge on any atom is -0.454 e. The Morgan fingerprint density at radius 1 is 0.970 bits per heavy atom. The summed E-state index contributed by atoms with van der Waals surface area (Å²) < 4.78 is 13.0. The fourth-order valence-electron chi connectivity index (χ4n) is 5.40. The third kappa shape index (κ3) is 3.04. The van der Waals surface area contributed by atoms with Crippen LogP contribution < -0.4 is 14.8 Å². The van der Waals surface area contributed by atoms with Crippen molar-refractivity contribution in [2.24, 2.45) is 0 Å². The Hall–Kier alpha value is -2.28. The van der Waals surface area contributed by atoms with Gasteiger partial charge in [0.15, 0.2) is 11.5 Å². The van der Waals surface area contributed by atoms with E-state index < -0.39 is 0 Å². The van der Waals surface area contributed by atoms with Crippen LogP contribution in [0.15, 0.2) is 57.0 Å². The lowest BCUT2D eigenvalue weighted by atomic mass is 9.79. The zero-order valence-corrected chi connectivity index (χ0v) is 21.7. The first kappa shape index (κ1) is 21.3. The number of ether oxygens (including phenoxy) is 2. The van der Waals surface area contributed by atoms with E-state index in [4.69, 9.17) is 21.1 Å². The molecule has 1 N–H and O–H groups in total. The first-order chi connectivity index (χ1) is 15.9. The Labute approximate surface area is 213 Å². The lowest BCUT2D eigenvalue weighted by molar-refractivity contribution is -0.117. The SMILES string of the molecule is CC1=C(c2cc3c(cc2Cl)OCO3)c2ccccc2C1C1C(=O)Nc2c(Br)cc(Br)c(C)c21. The second-order valence-electron chi connectivity index (χ2n) is 8.53. The average molecular weight is 588 g/mol. The maximum Gasteiger partial charge on any atom is 0.233 e. The minimum absolute atomic E-state index is 0.00378. The number of nitrogens with one attached hydrogen (secondary N) is 1. The van der Waals surface area contributed by atoms with Crippen molar-refractivity contribution in [1.82, 2.24) is 0 Å². The van der Waals surface area contributed by atoms with Crippen molar-refractivity contribution in [1.29, 1.82) is 0 Å². The van der Waals surface area contributed by atoms with Gasteiger partial charge in [0.25, 0.3) is 0 Å². The molecule has 0 fully saturated rings. The molecule has 2 aliphatic heterocycles. The van der Waals surface area contributed by atoms with Crippen molar-refractivity contribution in [3.8, 4) is 11.5 Å². The molecule has 166 valence electrons. The van der Waals surface area contributed by atoms with Crippen molar-refractivity contribution in [2.45, 2.75) is 25.7 Å². The van der Waals surface area contributed by atoms with Gasteiger partial charge in [-0.3, -0.25) is 4.79 Å². The second-order valence-corrected chi connectivity index (χ2v) is 10.6. The van der Waals surface area contributed by atoms with E-state index in [2.05, 4.69) is 63.2 Å². The largest absolute Gasteiger partial charge is 0.454 e. The second kappa shape index (κ2) is 7.62. The highest BCUT2D eigenvalue weighted by atomic mass is 79.9. The van der Waals surface area contributed by atoms with Crippen molar-refractivity contribution in [3.05, 3.63) is 89.8 Å². The van der Waals surface area contributed by atoms with Crippen LogP contribution in [0.25, 0.3) is 5.57 Å². The van der Waals surface area contributed by atoms with E-state index in [1.54, 1.807) is 0 Å². The van der Waals surface area contributed by atoms with E-state index in [1.165, 1.54) is 0 Å². The molecule has 0 radical (unpaired) electrons. The summed E-state index contributed by atoms with van der Waals surface area (Å²) in [5, 5.41) is 3.72. The van der Waals surface area contributed by atoms with E-state index in [9.17, 15) is 4.79 Å². The summed E-state index contributed by atoms with van der Waals surface area (Å²) in [7, 11) is 0. The smallest absolute Gasteiger partial charge is 0.233 e. The molecule has 1 aliphatic carbocycles. The molecular formula is C26H18Br2ClNO3. The molecule has 3 aromatic carbocycles. The van der Waals surface area contributed by atoms with Gasteiger partial charge in [-0.1, -0.05) is 57.4 Å². The highest BCUT2D eigenvalue weighted by Gasteiger charge is 2.45. The van der Waals surface area contributed by atoms with E-state index in [-0.39, 0.29) is 24.5 Å². The Morgan fingerprint density at radius 3 is 2.48 bits per heavy atom. The lowest BCUT2D eigenvalue weighted by Crippen LogP contribution is -2.20. The number of rotatable bonds is 2. The summed E-state index contributed by atoms with van der Waals surface area (Å²) in [6.45, 7) is 4.35. The zero-order valence-electron chi connectivity index (χ0n) is 17.8. The van der Waals surface area contributed by atoms with E-state index in [0.29, 0.717) is 16.5 Å². The van der Waals surface area contributed by atoms with Crippen LogP contribution in [0.3, 0.4) is 0 Å². The number of fused-ring (bicyclic) bond motifs is 3. The van der Waals surface area contributed by atoms with Gasteiger partial charge in [-0.25, -0.2) is 0 Å². The molecule has 0 aromatic heterocycles. The van der Waals surface area contributed by atoms with Crippen LogP contribution in [0, 0.1) is 6.92 Å². The Bertz CT molecular complexity index is 1420. The molecule has 3 aliphatic rings. The number of allylic oxidation sites excluding steroid dienone is 1. The number of anilines is 1. The van der Waals surface area contributed by atoms with Gasteiger partial charge in [-0.2, -0.15) is 0 Å². The number of carbonyl (C=O) groups excluding carboxylic acids is 1. The maximum atomic E-state index is 13.4. The van der Waals surface area contributed by atoms with Crippen molar-refractivity contribution >= 4 is 60.6 Å². The van der Waals surface area contributed by atoms with E-state index in [0.717, 1.165) is 53.6 Å². The van der Waals surface area contributed by atoms with Gasteiger partial charge in [0.05, 0.1) is 16.6 Å². The zero-order chi connectivity index (χ0) is 23.0. The van der Waals surface area contributed by atoms with Gasteiger partial charge in [-0.15, -0.1) is 0 Å². The molecule has 0 spiro atoms. The Morgan fingerprint density at radius 2 is 1.70 bits per heavy atom. The van der Waals surface area contributed by atoms with Crippen molar-refractivity contribution in [2.75, 3.05) is 12.1 Å². The van der Waals surface area contributed by atoms with Crippen LogP contribution in [0.5, 0.6) is 11.5 Å². The van der Waals surface area contributed by atoms with Crippen LogP contribution >= 0.6 is 43.5 Å². The Kier molecular flexibility index (Phi) is 4.91. The fourth-order valence-corrected chi connectivity index (χ4v) is 6.93. The number of hydrogen-bond donors (Lipinski definition) is 1. The van der Waals surface area contributed by atoms with Gasteiger partial charge in [0.1, 0.15) is 0 Å². The molecule has 7 heteroatoms. The molecule has 3 aromatic rings. The third-order valence-electron chi connectivity index (χ3n) is 6.86. The summed E-state index contributed by atoms with van der Waals surface area (Å²) in [6, 6.07) is 14.0. The van der Waals surface area contributed by atoms with E-state index >= 15 is 0 Å². The van der Waals surface area contributed by atoms with Crippen molar-refractivity contribution in [3.63, 3.8) is 0 Å². The summed E-state index contributed by atoms with van der Waals surface area (Å²) in [6.07, 6.45) is 0. The summed E-state index contributed by atoms with van der Waals surface area (Å²) in [4.78, 5) is 13.4. The molecule has 1 amide bonds. The minimum atomic E-state index is -0.347. The van der Waals surface area contributed by atoms with Crippen molar-refractivity contribution < 1.29 is 14.3 Å². The van der Waals surface area contributed by atoms with Crippen LogP contribution in [-0.4, -0.2) is 12.7 Å². The first-order valence-corrected chi connectivity index (χ1v) is 12.5. The quantitative estimate of drug-likeness (QED) is 0.337. The number of amides is 1. The predicted molar refractivity (Wildman–Crippen MR) is 136 cm³/mol. The van der Waals surface area contributed by atoms with Gasteiger partial charge < -0.3 is 14.8 Å². The molecule has 2 atom stereocenters. The molecule has 2 heterocycles. The number of benzene rings is 3. The van der Waals surface area contributed by atoms with Crippen LogP contribution in [0.2, 0.25) is 5.02 Å². The summed E-state index contributed by atoms with van der Waals surface area (Å²) in [5.41, 5.74) is 8.21. The van der Waals surface area contributed by atoms with Gasteiger partial charge in [0.2, 0.25) is 12.7 Å². The predicted octanol–water partition coefficient (Wildman–Crippen LogP) is 7.56. The normalized spacial score (nSPS) is 20.2. The molecule has 0 saturated carbocycles. The summed E-state index contributed by atoms with van der Waals surface area (Å²) >= 11 is 14.0. The number of halogens is 3. The highest BCUT2D eigenvalue weighted by molar-refractivity contribution is 9.11. The van der Waals surface area contributed by atoms with Crippen LogP contribution in [0.1, 0.15) is 46.6 Å². The Balaban J connectivity index is 1.59. The summed E-state index contributed by atoms with van der Waals surface area (Å²) in [5.74, 6) is 0.880. The highest BCUT2D eigenvalue weighted by Crippen LogP contribution is 2.57. The third-order valence-corrected chi connectivity index (χ3v) is 8.62. The first-order valence-electron chi connectivity index (χ1n) is 10.6. The molecule has 2 unspecified atom stereocenters. The van der Waals surface area contributed by atoms with Crippen LogP contribution in [-0.2, 0) is 4.79 Å². The maximum absolute atomic E-state index is 13.4. The molecular weight excluding hydrogens is 570 g/mol. The number of hydrogen-bond acceptors (Lipinski definition) is 3. The van der Waals surface area contributed by atoms with Gasteiger partial charge in [0, 0.05) is 26.5 Å². The molecule has 6 rings (SSSR count). The van der Waals surface area contributed by atoms with Gasteiger partial charge in [-0.05, 0) is 69.7 Å². The molecule has 0 saturated heterocycles. The average Bonchev–Trinajstić information content (AvgIpc) is 3.45. The fraction of sp³-hybridized carbons (Fsp3) is 0.192. The van der Waals surface area contributed by atoms with Crippen LogP contribution in [0.4, 0.5) is 5.69 Å². The van der Waals surface area contributed by atoms with Gasteiger partial charge >= 0.3 is 0 Å². The molecule has 0 bridgehead atoms. The monoisotopic (exact) mass is 585 g/mol. The molecule has 33 heavy (non-hydrogen) atoms. The topological polar surface area (TPSA) is 47.6 Å². The van der Waals surface area contributed by atoms with E-state index in [1.807, 2.05) is 30.3 Å². The lowest BCUT2D eigenvalue weighted by Gasteiger charge is -2.22. The molecule has 4 nitrogen and oxygen atoms in total.